The maximum Gasteiger partial charge on any atom is 0.0393 e. The fourth-order valence-corrected chi connectivity index (χ4v) is 1.75. The molecule has 2 N–H and O–H groups in total. The highest BCUT2D eigenvalue weighted by molar-refractivity contribution is 5.53. The molecule has 1 aromatic rings. The van der Waals surface area contributed by atoms with Gasteiger partial charge in [-0.15, -0.1) is 0 Å². The predicted molar refractivity (Wildman–Crippen MR) is 67.5 cm³/mol. The van der Waals surface area contributed by atoms with E-state index in [1.807, 2.05) is 0 Å². The molecule has 0 amide bonds. The summed E-state index contributed by atoms with van der Waals surface area (Å²) in [5, 5.41) is 0. The molecule has 2 nitrogen and oxygen atoms in total. The first-order chi connectivity index (χ1) is 7.00. The molecule has 0 aliphatic carbocycles. The number of aryl methyl sites for hydroxylation is 2. The Morgan fingerprint density at radius 3 is 2.53 bits per heavy atom. The topological polar surface area (TPSA) is 29.3 Å². The Labute approximate surface area is 93.1 Å². The van der Waals surface area contributed by atoms with E-state index in [9.17, 15) is 0 Å². The van der Waals surface area contributed by atoms with Crippen LogP contribution in [0, 0.1) is 13.8 Å². The van der Waals surface area contributed by atoms with Gasteiger partial charge < -0.3 is 10.6 Å². The third-order valence-corrected chi connectivity index (χ3v) is 2.68. The summed E-state index contributed by atoms with van der Waals surface area (Å²) in [5.74, 6) is 0. The van der Waals surface area contributed by atoms with Crippen LogP contribution in [-0.4, -0.2) is 19.6 Å². The van der Waals surface area contributed by atoms with Crippen LogP contribution in [0.2, 0.25) is 0 Å². The second kappa shape index (κ2) is 5.17. The van der Waals surface area contributed by atoms with Crippen molar-refractivity contribution in [3.63, 3.8) is 0 Å². The summed E-state index contributed by atoms with van der Waals surface area (Å²) >= 11 is 0. The van der Waals surface area contributed by atoms with E-state index in [0.717, 1.165) is 13.0 Å². The number of anilines is 1. The summed E-state index contributed by atoms with van der Waals surface area (Å²) in [5.41, 5.74) is 9.71. The SMILES string of the molecule is Cc1ccc(N(C)CCC(C)N)c(C)c1. The predicted octanol–water partition coefficient (Wildman–Crippen LogP) is 2.48. The van der Waals surface area contributed by atoms with Crippen molar-refractivity contribution in [1.82, 2.24) is 0 Å². The van der Waals surface area contributed by atoms with Crippen LogP contribution in [0.5, 0.6) is 0 Å². The van der Waals surface area contributed by atoms with Crippen LogP contribution in [0.1, 0.15) is 24.5 Å². The van der Waals surface area contributed by atoms with E-state index in [4.69, 9.17) is 5.73 Å². The lowest BCUT2D eigenvalue weighted by Crippen LogP contribution is -2.26. The summed E-state index contributed by atoms with van der Waals surface area (Å²) in [4.78, 5) is 2.28. The van der Waals surface area contributed by atoms with E-state index in [-0.39, 0.29) is 6.04 Å². The van der Waals surface area contributed by atoms with Crippen molar-refractivity contribution in [3.8, 4) is 0 Å². The van der Waals surface area contributed by atoms with Gasteiger partial charge in [-0.3, -0.25) is 0 Å². The summed E-state index contributed by atoms with van der Waals surface area (Å²) in [7, 11) is 2.13. The molecule has 0 aliphatic heterocycles. The molecule has 1 rings (SSSR count). The number of benzene rings is 1. The van der Waals surface area contributed by atoms with E-state index >= 15 is 0 Å². The van der Waals surface area contributed by atoms with E-state index in [1.54, 1.807) is 0 Å². The minimum Gasteiger partial charge on any atom is -0.374 e. The lowest BCUT2D eigenvalue weighted by atomic mass is 10.1. The number of hydrogen-bond acceptors (Lipinski definition) is 2. The van der Waals surface area contributed by atoms with Gasteiger partial charge in [0.25, 0.3) is 0 Å². The first kappa shape index (κ1) is 12.1. The van der Waals surface area contributed by atoms with Crippen LogP contribution < -0.4 is 10.6 Å². The van der Waals surface area contributed by atoms with Gasteiger partial charge in [-0.05, 0) is 38.8 Å². The molecular weight excluding hydrogens is 184 g/mol. The standard InChI is InChI=1S/C13H22N2/c1-10-5-6-13(11(2)9-10)15(4)8-7-12(3)14/h5-6,9,12H,7-8,14H2,1-4H3. The maximum atomic E-state index is 5.75. The molecule has 2 heteroatoms. The highest BCUT2D eigenvalue weighted by Gasteiger charge is 2.05. The molecule has 15 heavy (non-hydrogen) atoms. The first-order valence-electron chi connectivity index (χ1n) is 5.54. The second-order valence-corrected chi connectivity index (χ2v) is 4.48. The van der Waals surface area contributed by atoms with E-state index in [1.165, 1.54) is 16.8 Å². The molecular formula is C13H22N2. The van der Waals surface area contributed by atoms with Gasteiger partial charge in [-0.1, -0.05) is 17.7 Å². The van der Waals surface area contributed by atoms with E-state index < -0.39 is 0 Å². The van der Waals surface area contributed by atoms with Gasteiger partial charge >= 0.3 is 0 Å². The van der Waals surface area contributed by atoms with Crippen molar-refractivity contribution in [2.24, 2.45) is 5.73 Å². The lowest BCUT2D eigenvalue weighted by molar-refractivity contribution is 0.658. The number of nitrogens with two attached hydrogens (primary N) is 1. The molecule has 0 aliphatic rings. The average Bonchev–Trinajstić information content (AvgIpc) is 2.14. The van der Waals surface area contributed by atoms with Crippen LogP contribution in [-0.2, 0) is 0 Å². The van der Waals surface area contributed by atoms with Gasteiger partial charge in [0.2, 0.25) is 0 Å². The van der Waals surface area contributed by atoms with E-state index in [2.05, 4.69) is 50.9 Å². The Kier molecular flexibility index (Phi) is 4.15. The molecule has 1 unspecified atom stereocenters. The van der Waals surface area contributed by atoms with Gasteiger partial charge in [0.05, 0.1) is 0 Å². The monoisotopic (exact) mass is 206 g/mol. The molecule has 0 radical (unpaired) electrons. The Balaban J connectivity index is 2.69. The summed E-state index contributed by atoms with van der Waals surface area (Å²) in [6.45, 7) is 7.35. The Morgan fingerprint density at radius 1 is 1.33 bits per heavy atom. The van der Waals surface area contributed by atoms with Gasteiger partial charge in [0, 0.05) is 25.3 Å². The van der Waals surface area contributed by atoms with Crippen molar-refractivity contribution in [2.75, 3.05) is 18.5 Å². The average molecular weight is 206 g/mol. The molecule has 0 aromatic heterocycles. The molecule has 0 heterocycles. The van der Waals surface area contributed by atoms with Crippen LogP contribution >= 0.6 is 0 Å². The minimum atomic E-state index is 0.276. The zero-order valence-electron chi connectivity index (χ0n) is 10.2. The van der Waals surface area contributed by atoms with Gasteiger partial charge in [-0.2, -0.15) is 0 Å². The molecule has 0 bridgehead atoms. The van der Waals surface area contributed by atoms with Gasteiger partial charge in [-0.25, -0.2) is 0 Å². The number of rotatable bonds is 4. The normalized spacial score (nSPS) is 12.6. The van der Waals surface area contributed by atoms with Crippen molar-refractivity contribution >= 4 is 5.69 Å². The van der Waals surface area contributed by atoms with Crippen LogP contribution in [0.25, 0.3) is 0 Å². The quantitative estimate of drug-likeness (QED) is 0.820. The highest BCUT2D eigenvalue weighted by Crippen LogP contribution is 2.19. The molecule has 0 fully saturated rings. The van der Waals surface area contributed by atoms with Crippen LogP contribution in [0.3, 0.4) is 0 Å². The van der Waals surface area contributed by atoms with Gasteiger partial charge in [0.1, 0.15) is 0 Å². The highest BCUT2D eigenvalue weighted by atomic mass is 15.1. The Morgan fingerprint density at radius 2 is 2.00 bits per heavy atom. The van der Waals surface area contributed by atoms with Crippen molar-refractivity contribution < 1.29 is 0 Å². The largest absolute Gasteiger partial charge is 0.374 e. The van der Waals surface area contributed by atoms with Crippen molar-refractivity contribution in [3.05, 3.63) is 29.3 Å². The number of nitrogens with zero attached hydrogens (tertiary/aromatic N) is 1. The zero-order valence-corrected chi connectivity index (χ0v) is 10.2. The summed E-state index contributed by atoms with van der Waals surface area (Å²) in [6.07, 6.45) is 1.03. The molecule has 1 atom stereocenters. The molecule has 0 spiro atoms. The second-order valence-electron chi connectivity index (χ2n) is 4.48. The lowest BCUT2D eigenvalue weighted by Gasteiger charge is -2.22. The first-order valence-corrected chi connectivity index (χ1v) is 5.54. The van der Waals surface area contributed by atoms with Gasteiger partial charge in [0.15, 0.2) is 0 Å². The molecule has 84 valence electrons. The third kappa shape index (κ3) is 3.56. The smallest absolute Gasteiger partial charge is 0.0393 e. The Hall–Kier alpha value is -1.02. The molecule has 0 saturated heterocycles. The summed E-state index contributed by atoms with van der Waals surface area (Å²) in [6, 6.07) is 6.84. The fraction of sp³-hybridized carbons (Fsp3) is 0.538. The third-order valence-electron chi connectivity index (χ3n) is 2.68. The van der Waals surface area contributed by atoms with E-state index in [0.29, 0.717) is 0 Å². The fourth-order valence-electron chi connectivity index (χ4n) is 1.75. The molecule has 0 saturated carbocycles. The van der Waals surface area contributed by atoms with Crippen molar-refractivity contribution in [1.29, 1.82) is 0 Å². The summed E-state index contributed by atoms with van der Waals surface area (Å²) < 4.78 is 0. The van der Waals surface area contributed by atoms with Crippen LogP contribution in [0.4, 0.5) is 5.69 Å². The molecule has 1 aromatic carbocycles. The Bertz CT molecular complexity index is 318. The number of hydrogen-bond donors (Lipinski definition) is 1. The van der Waals surface area contributed by atoms with Crippen LogP contribution in [0.15, 0.2) is 18.2 Å². The maximum absolute atomic E-state index is 5.75. The minimum absolute atomic E-state index is 0.276. The van der Waals surface area contributed by atoms with Crippen molar-refractivity contribution in [2.45, 2.75) is 33.2 Å². The zero-order chi connectivity index (χ0) is 11.4.